The second kappa shape index (κ2) is 4.94. The Morgan fingerprint density at radius 3 is 2.83 bits per heavy atom. The summed E-state index contributed by atoms with van der Waals surface area (Å²) in [4.78, 5) is 0. The van der Waals surface area contributed by atoms with Gasteiger partial charge in [-0.25, -0.2) is 0 Å². The number of thiophene rings is 1. The lowest BCUT2D eigenvalue weighted by Crippen LogP contribution is -2.05. The monoisotopic (exact) mass is 277 g/mol. The summed E-state index contributed by atoms with van der Waals surface area (Å²) in [6, 6.07) is 9.09. The summed E-state index contributed by atoms with van der Waals surface area (Å²) in [5, 5.41) is 5.67. The molecule has 0 bridgehead atoms. The molecular formula is C15H16ClNS. The van der Waals surface area contributed by atoms with E-state index in [1.807, 2.05) is 6.07 Å². The van der Waals surface area contributed by atoms with E-state index in [-0.39, 0.29) is 0 Å². The molecule has 0 aliphatic heterocycles. The number of fused-ring (bicyclic) bond motifs is 1. The number of rotatable bonds is 3. The van der Waals surface area contributed by atoms with Crippen LogP contribution in [0.3, 0.4) is 0 Å². The maximum Gasteiger partial charge on any atom is 0.0931 e. The number of nitrogens with one attached hydrogen (secondary N) is 1. The van der Waals surface area contributed by atoms with Gasteiger partial charge in [0.15, 0.2) is 0 Å². The van der Waals surface area contributed by atoms with Gasteiger partial charge in [-0.3, -0.25) is 0 Å². The molecule has 1 unspecified atom stereocenters. The van der Waals surface area contributed by atoms with Gasteiger partial charge in [0.1, 0.15) is 0 Å². The molecule has 0 saturated heterocycles. The first-order valence-electron chi connectivity index (χ1n) is 6.34. The minimum Gasteiger partial charge on any atom is -0.378 e. The molecule has 1 aromatic heterocycles. The van der Waals surface area contributed by atoms with Crippen molar-refractivity contribution >= 4 is 28.6 Å². The van der Waals surface area contributed by atoms with E-state index in [2.05, 4.69) is 35.8 Å². The first-order valence-corrected chi connectivity index (χ1v) is 7.60. The topological polar surface area (TPSA) is 12.0 Å². The van der Waals surface area contributed by atoms with Gasteiger partial charge in [0.2, 0.25) is 0 Å². The van der Waals surface area contributed by atoms with Gasteiger partial charge in [0.25, 0.3) is 0 Å². The van der Waals surface area contributed by atoms with E-state index in [1.165, 1.54) is 41.6 Å². The molecule has 1 atom stereocenters. The lowest BCUT2D eigenvalue weighted by molar-refractivity contribution is 0.889. The molecule has 2 aromatic rings. The zero-order valence-corrected chi connectivity index (χ0v) is 11.9. The van der Waals surface area contributed by atoms with E-state index in [0.29, 0.717) is 6.04 Å². The van der Waals surface area contributed by atoms with Crippen molar-refractivity contribution < 1.29 is 0 Å². The lowest BCUT2D eigenvalue weighted by atomic mass is 10.1. The van der Waals surface area contributed by atoms with E-state index in [0.717, 1.165) is 4.34 Å². The molecule has 0 saturated carbocycles. The molecule has 0 fully saturated rings. The summed E-state index contributed by atoms with van der Waals surface area (Å²) in [5.41, 5.74) is 5.50. The number of benzene rings is 1. The van der Waals surface area contributed by atoms with Crippen LogP contribution in [-0.2, 0) is 12.8 Å². The fraction of sp³-hybridized carbons (Fsp3) is 0.333. The van der Waals surface area contributed by atoms with Crippen LogP contribution < -0.4 is 5.32 Å². The van der Waals surface area contributed by atoms with Crippen LogP contribution in [0, 0.1) is 0 Å². The van der Waals surface area contributed by atoms with Crippen molar-refractivity contribution in [3.63, 3.8) is 0 Å². The van der Waals surface area contributed by atoms with Crippen molar-refractivity contribution in [2.75, 3.05) is 5.32 Å². The normalized spacial score (nSPS) is 15.4. The molecule has 1 heterocycles. The van der Waals surface area contributed by atoms with E-state index in [4.69, 9.17) is 11.6 Å². The first-order chi connectivity index (χ1) is 8.72. The zero-order chi connectivity index (χ0) is 12.5. The van der Waals surface area contributed by atoms with Crippen molar-refractivity contribution in [1.82, 2.24) is 0 Å². The van der Waals surface area contributed by atoms with Gasteiger partial charge in [0, 0.05) is 11.7 Å². The molecule has 0 spiro atoms. The van der Waals surface area contributed by atoms with Gasteiger partial charge in [-0.2, -0.15) is 0 Å². The van der Waals surface area contributed by atoms with Crippen LogP contribution >= 0.6 is 22.9 Å². The van der Waals surface area contributed by atoms with E-state index >= 15 is 0 Å². The average Bonchev–Trinajstić information content (AvgIpc) is 2.96. The minimum absolute atomic E-state index is 0.299. The summed E-state index contributed by atoms with van der Waals surface area (Å²) < 4.78 is 0.854. The largest absolute Gasteiger partial charge is 0.378 e. The van der Waals surface area contributed by atoms with Crippen LogP contribution in [0.25, 0.3) is 0 Å². The highest BCUT2D eigenvalue weighted by atomic mass is 35.5. The van der Waals surface area contributed by atoms with Gasteiger partial charge in [-0.05, 0) is 66.5 Å². The Balaban J connectivity index is 1.76. The molecular weight excluding hydrogens is 262 g/mol. The zero-order valence-electron chi connectivity index (χ0n) is 10.4. The van der Waals surface area contributed by atoms with Crippen LogP contribution in [0.4, 0.5) is 5.69 Å². The molecule has 1 aliphatic carbocycles. The molecule has 1 aliphatic rings. The average molecular weight is 278 g/mol. The summed E-state index contributed by atoms with van der Waals surface area (Å²) >= 11 is 7.56. The number of hydrogen-bond donors (Lipinski definition) is 1. The van der Waals surface area contributed by atoms with Crippen molar-refractivity contribution in [2.24, 2.45) is 0 Å². The Morgan fingerprint density at radius 1 is 1.22 bits per heavy atom. The first kappa shape index (κ1) is 12.1. The van der Waals surface area contributed by atoms with Crippen molar-refractivity contribution in [3.8, 4) is 0 Å². The Hall–Kier alpha value is -0.990. The van der Waals surface area contributed by atoms with Crippen molar-refractivity contribution in [2.45, 2.75) is 32.2 Å². The molecule has 1 N–H and O–H groups in total. The molecule has 94 valence electrons. The summed E-state index contributed by atoms with van der Waals surface area (Å²) in [6.07, 6.45) is 3.77. The second-order valence-electron chi connectivity index (χ2n) is 4.89. The quantitative estimate of drug-likeness (QED) is 0.826. The van der Waals surface area contributed by atoms with Crippen molar-refractivity contribution in [3.05, 3.63) is 50.7 Å². The predicted octanol–water partition coefficient (Wildman–Crippen LogP) is 5.06. The standard InChI is InChI=1S/C15H16ClNS/c1-10(13-8-15(16)18-9-13)17-14-6-5-11-3-2-4-12(11)7-14/h5-10,17H,2-4H2,1H3. The second-order valence-corrected chi connectivity index (χ2v) is 6.43. The highest BCUT2D eigenvalue weighted by molar-refractivity contribution is 7.14. The SMILES string of the molecule is CC(Nc1ccc2c(c1)CCC2)c1csc(Cl)c1. The van der Waals surface area contributed by atoms with Gasteiger partial charge < -0.3 is 5.32 Å². The van der Waals surface area contributed by atoms with E-state index in [1.54, 1.807) is 11.3 Å². The Labute approximate surface area is 117 Å². The minimum atomic E-state index is 0.299. The maximum absolute atomic E-state index is 5.97. The molecule has 0 amide bonds. The summed E-state index contributed by atoms with van der Waals surface area (Å²) in [5.74, 6) is 0. The molecule has 1 aromatic carbocycles. The Bertz CT molecular complexity index is 561. The van der Waals surface area contributed by atoms with Gasteiger partial charge >= 0.3 is 0 Å². The Kier molecular flexibility index (Phi) is 3.31. The van der Waals surface area contributed by atoms with Gasteiger partial charge in [-0.15, -0.1) is 11.3 Å². The van der Waals surface area contributed by atoms with E-state index in [9.17, 15) is 0 Å². The van der Waals surface area contributed by atoms with Crippen LogP contribution in [0.2, 0.25) is 4.34 Å². The van der Waals surface area contributed by atoms with Crippen LogP contribution in [0.1, 0.15) is 36.1 Å². The fourth-order valence-corrected chi connectivity index (χ4v) is 3.53. The van der Waals surface area contributed by atoms with Crippen LogP contribution in [0.15, 0.2) is 29.6 Å². The molecule has 3 heteroatoms. The third-order valence-electron chi connectivity index (χ3n) is 3.57. The lowest BCUT2D eigenvalue weighted by Gasteiger charge is -2.15. The van der Waals surface area contributed by atoms with E-state index < -0.39 is 0 Å². The number of hydrogen-bond acceptors (Lipinski definition) is 2. The van der Waals surface area contributed by atoms with Crippen LogP contribution in [0.5, 0.6) is 0 Å². The molecule has 0 radical (unpaired) electrons. The third-order valence-corrected chi connectivity index (χ3v) is 4.68. The van der Waals surface area contributed by atoms with Gasteiger partial charge in [-0.1, -0.05) is 17.7 Å². The third kappa shape index (κ3) is 2.40. The van der Waals surface area contributed by atoms with Crippen molar-refractivity contribution in [1.29, 1.82) is 0 Å². The maximum atomic E-state index is 5.97. The fourth-order valence-electron chi connectivity index (χ4n) is 2.55. The highest BCUT2D eigenvalue weighted by Gasteiger charge is 2.12. The summed E-state index contributed by atoms with van der Waals surface area (Å²) in [6.45, 7) is 2.17. The molecule has 18 heavy (non-hydrogen) atoms. The Morgan fingerprint density at radius 2 is 2.06 bits per heavy atom. The smallest absolute Gasteiger partial charge is 0.0931 e. The number of aryl methyl sites for hydroxylation is 2. The predicted molar refractivity (Wildman–Crippen MR) is 79.8 cm³/mol. The van der Waals surface area contributed by atoms with Crippen LogP contribution in [-0.4, -0.2) is 0 Å². The number of halogens is 1. The molecule has 1 nitrogen and oxygen atoms in total. The summed E-state index contributed by atoms with van der Waals surface area (Å²) in [7, 11) is 0. The number of anilines is 1. The van der Waals surface area contributed by atoms with Gasteiger partial charge in [0.05, 0.1) is 4.34 Å². The highest BCUT2D eigenvalue weighted by Crippen LogP contribution is 2.29. The molecule has 3 rings (SSSR count).